The summed E-state index contributed by atoms with van der Waals surface area (Å²) < 4.78 is 4.55. The van der Waals surface area contributed by atoms with Gasteiger partial charge < -0.3 is 14.6 Å². The van der Waals surface area contributed by atoms with Gasteiger partial charge in [-0.3, -0.25) is 0 Å². The summed E-state index contributed by atoms with van der Waals surface area (Å²) in [5, 5.41) is 9.51. The van der Waals surface area contributed by atoms with Gasteiger partial charge in [0, 0.05) is 0 Å². The highest BCUT2D eigenvalue weighted by Crippen LogP contribution is 2.46. The number of rotatable bonds is 3. The molecule has 0 aromatic heterocycles. The van der Waals surface area contributed by atoms with E-state index in [4.69, 9.17) is 0 Å². The molecule has 4 heteroatoms. The maximum absolute atomic E-state index is 11.4. The molecule has 0 heterocycles. The third-order valence-electron chi connectivity index (χ3n) is 2.99. The molecule has 1 N–H and O–H groups in total. The maximum Gasteiger partial charge on any atom is 0.341 e. The van der Waals surface area contributed by atoms with E-state index in [1.807, 2.05) is 0 Å². The lowest BCUT2D eigenvalue weighted by Crippen LogP contribution is -2.10. The van der Waals surface area contributed by atoms with Crippen molar-refractivity contribution >= 4 is 12.3 Å². The summed E-state index contributed by atoms with van der Waals surface area (Å²) in [7, 11) is 1.25. The Morgan fingerprint density at radius 3 is 2.69 bits per heavy atom. The SMILES string of the molecule is COC(=O)c1cc(C2(C=O)CC2)ccc1O. The van der Waals surface area contributed by atoms with Crippen molar-refractivity contribution in [1.82, 2.24) is 0 Å². The third kappa shape index (κ3) is 1.56. The van der Waals surface area contributed by atoms with Crippen molar-refractivity contribution in [3.8, 4) is 5.75 Å². The summed E-state index contributed by atoms with van der Waals surface area (Å²) in [6.07, 6.45) is 2.49. The van der Waals surface area contributed by atoms with Crippen LogP contribution in [0.4, 0.5) is 0 Å². The summed E-state index contributed by atoms with van der Waals surface area (Å²) in [6, 6.07) is 4.62. The fraction of sp³-hybridized carbons (Fsp3) is 0.333. The Hall–Kier alpha value is -1.84. The Balaban J connectivity index is 2.43. The van der Waals surface area contributed by atoms with Crippen LogP contribution in [-0.2, 0) is 14.9 Å². The number of phenols is 1. The van der Waals surface area contributed by atoms with Crippen LogP contribution in [0.5, 0.6) is 5.75 Å². The molecule has 84 valence electrons. The van der Waals surface area contributed by atoms with Crippen LogP contribution >= 0.6 is 0 Å². The smallest absolute Gasteiger partial charge is 0.341 e. The molecule has 1 saturated carbocycles. The number of phenolic OH excluding ortho intramolecular Hbond substituents is 1. The van der Waals surface area contributed by atoms with Gasteiger partial charge in [-0.15, -0.1) is 0 Å². The zero-order chi connectivity index (χ0) is 11.8. The molecule has 0 bridgehead atoms. The zero-order valence-corrected chi connectivity index (χ0v) is 8.90. The molecule has 0 spiro atoms. The fourth-order valence-corrected chi connectivity index (χ4v) is 1.73. The van der Waals surface area contributed by atoms with E-state index >= 15 is 0 Å². The minimum absolute atomic E-state index is 0.105. The molecule has 16 heavy (non-hydrogen) atoms. The van der Waals surface area contributed by atoms with Crippen molar-refractivity contribution in [2.45, 2.75) is 18.3 Å². The van der Waals surface area contributed by atoms with Crippen molar-refractivity contribution in [3.05, 3.63) is 29.3 Å². The van der Waals surface area contributed by atoms with E-state index in [0.717, 1.165) is 24.7 Å². The maximum atomic E-state index is 11.4. The summed E-state index contributed by atoms with van der Waals surface area (Å²) >= 11 is 0. The van der Waals surface area contributed by atoms with Crippen LogP contribution in [-0.4, -0.2) is 24.5 Å². The highest BCUT2D eigenvalue weighted by molar-refractivity contribution is 5.93. The van der Waals surface area contributed by atoms with E-state index in [-0.39, 0.29) is 11.3 Å². The molecule has 0 radical (unpaired) electrons. The molecule has 0 aliphatic heterocycles. The summed E-state index contributed by atoms with van der Waals surface area (Å²) in [5.74, 6) is -0.724. The van der Waals surface area contributed by atoms with E-state index in [1.165, 1.54) is 19.2 Å². The number of ether oxygens (including phenoxy) is 1. The number of carbonyl (C=O) groups excluding carboxylic acids is 2. The average Bonchev–Trinajstić information content (AvgIpc) is 3.09. The number of aldehydes is 1. The molecule has 2 rings (SSSR count). The second kappa shape index (κ2) is 3.63. The predicted molar refractivity (Wildman–Crippen MR) is 56.4 cm³/mol. The number of aromatic hydroxyl groups is 1. The molecule has 0 amide bonds. The zero-order valence-electron chi connectivity index (χ0n) is 8.90. The topological polar surface area (TPSA) is 63.6 Å². The highest BCUT2D eigenvalue weighted by atomic mass is 16.5. The fourth-order valence-electron chi connectivity index (χ4n) is 1.73. The Bertz CT molecular complexity index is 446. The minimum Gasteiger partial charge on any atom is -0.507 e. The van der Waals surface area contributed by atoms with Gasteiger partial charge >= 0.3 is 5.97 Å². The van der Waals surface area contributed by atoms with Gasteiger partial charge in [-0.2, -0.15) is 0 Å². The molecule has 1 aliphatic rings. The highest BCUT2D eigenvalue weighted by Gasteiger charge is 2.44. The normalized spacial score (nSPS) is 16.6. The van der Waals surface area contributed by atoms with Crippen LogP contribution in [0, 0.1) is 0 Å². The Morgan fingerprint density at radius 2 is 2.19 bits per heavy atom. The molecule has 0 unspecified atom stereocenters. The molecule has 1 aromatic rings. The van der Waals surface area contributed by atoms with E-state index in [0.29, 0.717) is 0 Å². The number of methoxy groups -OCH3 is 1. The summed E-state index contributed by atoms with van der Waals surface area (Å²) in [4.78, 5) is 22.3. The van der Waals surface area contributed by atoms with Gasteiger partial charge in [0.15, 0.2) is 0 Å². The first-order valence-electron chi connectivity index (χ1n) is 5.01. The van der Waals surface area contributed by atoms with Crippen LogP contribution in [0.2, 0.25) is 0 Å². The monoisotopic (exact) mass is 220 g/mol. The number of esters is 1. The van der Waals surface area contributed by atoms with Crippen molar-refractivity contribution in [2.24, 2.45) is 0 Å². The number of hydrogen-bond acceptors (Lipinski definition) is 4. The molecule has 1 aromatic carbocycles. The molecule has 4 nitrogen and oxygen atoms in total. The quantitative estimate of drug-likeness (QED) is 0.618. The molecular formula is C12H12O4. The lowest BCUT2D eigenvalue weighted by atomic mass is 9.95. The second-order valence-corrected chi connectivity index (χ2v) is 4.00. The first kappa shape index (κ1) is 10.7. The van der Waals surface area contributed by atoms with Crippen LogP contribution < -0.4 is 0 Å². The Labute approximate surface area is 92.8 Å². The molecule has 0 saturated heterocycles. The van der Waals surface area contributed by atoms with Crippen molar-refractivity contribution in [1.29, 1.82) is 0 Å². The number of hydrogen-bond donors (Lipinski definition) is 1. The van der Waals surface area contributed by atoms with Gasteiger partial charge in [0.05, 0.1) is 12.5 Å². The first-order valence-corrected chi connectivity index (χ1v) is 5.01. The van der Waals surface area contributed by atoms with Crippen LogP contribution in [0.15, 0.2) is 18.2 Å². The van der Waals surface area contributed by atoms with Crippen molar-refractivity contribution in [2.75, 3.05) is 7.11 Å². The average molecular weight is 220 g/mol. The minimum atomic E-state index is -0.596. The predicted octanol–water partition coefficient (Wildman–Crippen LogP) is 1.41. The largest absolute Gasteiger partial charge is 0.507 e. The van der Waals surface area contributed by atoms with E-state index in [9.17, 15) is 14.7 Å². The van der Waals surface area contributed by atoms with E-state index < -0.39 is 11.4 Å². The number of carbonyl (C=O) groups is 2. The van der Waals surface area contributed by atoms with Crippen LogP contribution in [0.1, 0.15) is 28.8 Å². The third-order valence-corrected chi connectivity index (χ3v) is 2.99. The summed E-state index contributed by atoms with van der Waals surface area (Å²) in [5.41, 5.74) is 0.421. The van der Waals surface area contributed by atoms with E-state index in [2.05, 4.69) is 4.74 Å². The van der Waals surface area contributed by atoms with E-state index in [1.54, 1.807) is 6.07 Å². The van der Waals surface area contributed by atoms with Crippen LogP contribution in [0.25, 0.3) is 0 Å². The molecular weight excluding hydrogens is 208 g/mol. The first-order chi connectivity index (χ1) is 7.63. The second-order valence-electron chi connectivity index (χ2n) is 4.00. The van der Waals surface area contributed by atoms with Gasteiger partial charge in [-0.25, -0.2) is 4.79 Å². The van der Waals surface area contributed by atoms with Gasteiger partial charge in [0.2, 0.25) is 0 Å². The van der Waals surface area contributed by atoms with Gasteiger partial charge in [-0.05, 0) is 30.5 Å². The van der Waals surface area contributed by atoms with Crippen molar-refractivity contribution < 1.29 is 19.4 Å². The van der Waals surface area contributed by atoms with Gasteiger partial charge in [0.25, 0.3) is 0 Å². The summed E-state index contributed by atoms with van der Waals surface area (Å²) in [6.45, 7) is 0. The molecule has 1 aliphatic carbocycles. The van der Waals surface area contributed by atoms with Gasteiger partial charge in [0.1, 0.15) is 17.6 Å². The number of benzene rings is 1. The van der Waals surface area contributed by atoms with Gasteiger partial charge in [-0.1, -0.05) is 6.07 Å². The molecule has 1 fully saturated rings. The van der Waals surface area contributed by atoms with Crippen molar-refractivity contribution in [3.63, 3.8) is 0 Å². The molecule has 0 atom stereocenters. The lowest BCUT2D eigenvalue weighted by Gasteiger charge is -2.10. The lowest BCUT2D eigenvalue weighted by molar-refractivity contribution is -0.109. The van der Waals surface area contributed by atoms with Crippen LogP contribution in [0.3, 0.4) is 0 Å². The Kier molecular flexibility index (Phi) is 2.42. The standard InChI is InChI=1S/C12H12O4/c1-16-11(15)9-6-8(2-3-10(9)14)12(7-13)4-5-12/h2-3,6-7,14H,4-5H2,1H3. The Morgan fingerprint density at radius 1 is 1.50 bits per heavy atom.